The number of hydrogen-bond acceptors (Lipinski definition) is 4. The highest BCUT2D eigenvalue weighted by Crippen LogP contribution is 2.23. The van der Waals surface area contributed by atoms with Gasteiger partial charge in [-0.2, -0.15) is 4.90 Å². The van der Waals surface area contributed by atoms with Gasteiger partial charge in [-0.15, -0.1) is 0 Å². The molecule has 6 heteroatoms. The Balaban J connectivity index is 3.01. The zero-order chi connectivity index (χ0) is 9.52. The predicted octanol–water partition coefficient (Wildman–Crippen LogP) is -0.826. The van der Waals surface area contributed by atoms with Gasteiger partial charge in [0.15, 0.2) is 0 Å². The quantitative estimate of drug-likeness (QED) is 0.466. The van der Waals surface area contributed by atoms with E-state index in [1.807, 2.05) is 0 Å². The first-order valence-electron chi connectivity index (χ1n) is 3.19. The molecule has 0 aromatic heterocycles. The smallest absolute Gasteiger partial charge is 0.421 e. The van der Waals surface area contributed by atoms with E-state index in [4.69, 9.17) is 5.11 Å². The van der Waals surface area contributed by atoms with Gasteiger partial charge in [0, 0.05) is 0 Å². The standard InChI is InChI=1S/C6H7NO5/c1-6(12)2-3(8)7(4(6)9)5(10)11/h12H,2H2,1H3,(H,10,11). The van der Waals surface area contributed by atoms with Crippen molar-refractivity contribution in [3.05, 3.63) is 0 Å². The lowest BCUT2D eigenvalue weighted by Crippen LogP contribution is -2.40. The van der Waals surface area contributed by atoms with Crippen LogP contribution >= 0.6 is 0 Å². The molecule has 12 heavy (non-hydrogen) atoms. The predicted molar refractivity (Wildman–Crippen MR) is 35.1 cm³/mol. The number of carbonyl (C=O) groups is 3. The molecule has 0 aliphatic carbocycles. The van der Waals surface area contributed by atoms with Gasteiger partial charge in [-0.05, 0) is 6.92 Å². The lowest BCUT2D eigenvalue weighted by Gasteiger charge is -2.11. The number of aliphatic hydroxyl groups is 1. The molecule has 1 unspecified atom stereocenters. The zero-order valence-electron chi connectivity index (χ0n) is 6.27. The maximum Gasteiger partial charge on any atom is 0.421 e. The zero-order valence-corrected chi connectivity index (χ0v) is 6.27. The van der Waals surface area contributed by atoms with Gasteiger partial charge in [0.1, 0.15) is 5.60 Å². The minimum absolute atomic E-state index is 0.0278. The maximum atomic E-state index is 11.0. The van der Waals surface area contributed by atoms with Crippen LogP contribution in [-0.4, -0.2) is 38.6 Å². The van der Waals surface area contributed by atoms with Crippen LogP contribution in [0, 0.1) is 0 Å². The molecular formula is C6H7NO5. The molecule has 1 aliphatic heterocycles. The third kappa shape index (κ3) is 1.06. The number of nitrogens with zero attached hydrogens (tertiary/aromatic N) is 1. The molecule has 0 bridgehead atoms. The van der Waals surface area contributed by atoms with Crippen molar-refractivity contribution in [2.75, 3.05) is 0 Å². The second-order valence-electron chi connectivity index (χ2n) is 2.77. The van der Waals surface area contributed by atoms with Crippen molar-refractivity contribution >= 4 is 17.9 Å². The van der Waals surface area contributed by atoms with E-state index in [0.717, 1.165) is 6.92 Å². The molecule has 0 aromatic carbocycles. The van der Waals surface area contributed by atoms with Crippen molar-refractivity contribution in [2.45, 2.75) is 18.9 Å². The normalized spacial score (nSPS) is 29.7. The van der Waals surface area contributed by atoms with Crippen LogP contribution in [0.5, 0.6) is 0 Å². The second-order valence-corrected chi connectivity index (χ2v) is 2.77. The monoisotopic (exact) mass is 173 g/mol. The number of imide groups is 3. The lowest BCUT2D eigenvalue weighted by atomic mass is 10.1. The van der Waals surface area contributed by atoms with Gasteiger partial charge in [0.25, 0.3) is 5.91 Å². The summed E-state index contributed by atoms with van der Waals surface area (Å²) in [4.78, 5) is 32.1. The van der Waals surface area contributed by atoms with Crippen LogP contribution in [0.2, 0.25) is 0 Å². The summed E-state index contributed by atoms with van der Waals surface area (Å²) in [5.74, 6) is -1.97. The minimum Gasteiger partial charge on any atom is -0.464 e. The molecular weight excluding hydrogens is 166 g/mol. The highest BCUT2D eigenvalue weighted by Gasteiger charge is 2.50. The molecule has 0 aromatic rings. The fourth-order valence-electron chi connectivity index (χ4n) is 0.997. The summed E-state index contributed by atoms with van der Waals surface area (Å²) in [5.41, 5.74) is -1.87. The summed E-state index contributed by atoms with van der Waals surface area (Å²) >= 11 is 0. The van der Waals surface area contributed by atoms with Gasteiger partial charge in [0.2, 0.25) is 5.91 Å². The van der Waals surface area contributed by atoms with E-state index < -0.39 is 29.9 Å². The van der Waals surface area contributed by atoms with Crippen molar-refractivity contribution in [1.82, 2.24) is 4.90 Å². The molecule has 1 fully saturated rings. The topological polar surface area (TPSA) is 94.9 Å². The van der Waals surface area contributed by atoms with Crippen molar-refractivity contribution in [3.63, 3.8) is 0 Å². The Morgan fingerprint density at radius 2 is 2.08 bits per heavy atom. The van der Waals surface area contributed by atoms with Gasteiger partial charge in [0.05, 0.1) is 6.42 Å². The molecule has 3 amide bonds. The maximum absolute atomic E-state index is 11.0. The Labute approximate surface area is 67.4 Å². The van der Waals surface area contributed by atoms with Crippen molar-refractivity contribution in [2.24, 2.45) is 0 Å². The average Bonchev–Trinajstić information content (AvgIpc) is 2.02. The third-order valence-corrected chi connectivity index (χ3v) is 1.60. The molecule has 66 valence electrons. The van der Waals surface area contributed by atoms with Crippen LogP contribution in [0.25, 0.3) is 0 Å². The fraction of sp³-hybridized carbons (Fsp3) is 0.500. The first-order chi connectivity index (χ1) is 5.36. The van der Waals surface area contributed by atoms with Crippen LogP contribution in [0.3, 0.4) is 0 Å². The summed E-state index contributed by atoms with van der Waals surface area (Å²) in [5, 5.41) is 17.5. The SMILES string of the molecule is CC1(O)CC(=O)N(C(=O)O)C1=O. The van der Waals surface area contributed by atoms with Crippen LogP contribution < -0.4 is 0 Å². The van der Waals surface area contributed by atoms with E-state index in [2.05, 4.69) is 0 Å². The third-order valence-electron chi connectivity index (χ3n) is 1.60. The molecule has 0 spiro atoms. The number of likely N-dealkylation sites (tertiary alicyclic amines) is 1. The van der Waals surface area contributed by atoms with E-state index in [9.17, 15) is 19.5 Å². The van der Waals surface area contributed by atoms with E-state index in [-0.39, 0.29) is 4.90 Å². The Morgan fingerprint density at radius 3 is 2.25 bits per heavy atom. The molecule has 6 nitrogen and oxygen atoms in total. The van der Waals surface area contributed by atoms with Gasteiger partial charge < -0.3 is 10.2 Å². The summed E-state index contributed by atoms with van der Waals surface area (Å²) in [7, 11) is 0. The average molecular weight is 173 g/mol. The van der Waals surface area contributed by atoms with Crippen molar-refractivity contribution < 1.29 is 24.6 Å². The Hall–Kier alpha value is -1.43. The molecule has 2 N–H and O–H groups in total. The molecule has 0 saturated carbocycles. The number of carbonyl (C=O) groups excluding carboxylic acids is 2. The fourth-order valence-corrected chi connectivity index (χ4v) is 0.997. The van der Waals surface area contributed by atoms with Crippen LogP contribution in [-0.2, 0) is 9.59 Å². The van der Waals surface area contributed by atoms with Gasteiger partial charge >= 0.3 is 6.09 Å². The Bertz CT molecular complexity index is 269. The lowest BCUT2D eigenvalue weighted by molar-refractivity contribution is -0.142. The summed E-state index contributed by atoms with van der Waals surface area (Å²) in [6.07, 6.45) is -2.12. The van der Waals surface area contributed by atoms with Gasteiger partial charge in [-0.25, -0.2) is 4.79 Å². The van der Waals surface area contributed by atoms with E-state index >= 15 is 0 Å². The first kappa shape index (κ1) is 8.66. The van der Waals surface area contributed by atoms with E-state index in [0.29, 0.717) is 0 Å². The number of rotatable bonds is 0. The minimum atomic E-state index is -1.87. The highest BCUT2D eigenvalue weighted by atomic mass is 16.4. The first-order valence-corrected chi connectivity index (χ1v) is 3.19. The summed E-state index contributed by atoms with van der Waals surface area (Å²) in [6, 6.07) is 0. The Morgan fingerprint density at radius 1 is 1.58 bits per heavy atom. The number of amides is 3. The molecule has 0 radical (unpaired) electrons. The van der Waals surface area contributed by atoms with E-state index in [1.165, 1.54) is 0 Å². The summed E-state index contributed by atoms with van der Waals surface area (Å²) < 4.78 is 0. The van der Waals surface area contributed by atoms with Crippen molar-refractivity contribution in [1.29, 1.82) is 0 Å². The number of carboxylic acid groups (broad SMARTS) is 1. The summed E-state index contributed by atoms with van der Waals surface area (Å²) in [6.45, 7) is 1.11. The van der Waals surface area contributed by atoms with Crippen LogP contribution in [0.15, 0.2) is 0 Å². The Kier molecular flexibility index (Phi) is 1.64. The highest BCUT2D eigenvalue weighted by molar-refractivity contribution is 6.16. The molecule has 1 saturated heterocycles. The molecule has 1 aliphatic rings. The molecule has 1 heterocycles. The second kappa shape index (κ2) is 2.28. The van der Waals surface area contributed by atoms with Crippen LogP contribution in [0.1, 0.15) is 13.3 Å². The van der Waals surface area contributed by atoms with E-state index in [1.54, 1.807) is 0 Å². The largest absolute Gasteiger partial charge is 0.464 e. The van der Waals surface area contributed by atoms with Gasteiger partial charge in [-0.1, -0.05) is 0 Å². The van der Waals surface area contributed by atoms with Crippen LogP contribution in [0.4, 0.5) is 4.79 Å². The molecule has 1 rings (SSSR count). The van der Waals surface area contributed by atoms with Gasteiger partial charge in [-0.3, -0.25) is 9.59 Å². The number of hydrogen-bond donors (Lipinski definition) is 2. The van der Waals surface area contributed by atoms with Crippen molar-refractivity contribution in [3.8, 4) is 0 Å². The molecule has 1 atom stereocenters.